The minimum Gasteiger partial charge on any atom is -0.490 e. The van der Waals surface area contributed by atoms with E-state index in [2.05, 4.69) is 11.4 Å². The smallest absolute Gasteiger partial charge is 0.259 e. The summed E-state index contributed by atoms with van der Waals surface area (Å²) in [6.07, 6.45) is 0. The Labute approximate surface area is 157 Å². The van der Waals surface area contributed by atoms with Gasteiger partial charge in [-0.05, 0) is 36.4 Å². The number of para-hydroxylation sites is 3. The summed E-state index contributed by atoms with van der Waals surface area (Å²) in [5.74, 6) is 0.888. The Morgan fingerprint density at radius 2 is 1.52 bits per heavy atom. The lowest BCUT2D eigenvalue weighted by Gasteiger charge is -2.13. The number of nitrogens with one attached hydrogen (secondary N) is 1. The molecule has 0 radical (unpaired) electrons. The molecule has 3 rings (SSSR count). The second-order valence-corrected chi connectivity index (χ2v) is 5.62. The average Bonchev–Trinajstić information content (AvgIpc) is 2.72. The molecule has 0 saturated heterocycles. The van der Waals surface area contributed by atoms with Crippen LogP contribution in [-0.4, -0.2) is 19.1 Å². The molecule has 3 aromatic carbocycles. The van der Waals surface area contributed by atoms with Crippen LogP contribution >= 0.6 is 0 Å². The molecule has 27 heavy (non-hydrogen) atoms. The molecule has 0 spiro atoms. The SMILES string of the molecule is N#Cc1ccccc1NC(=O)c1ccccc1OCCOc1ccccc1. The lowest BCUT2D eigenvalue weighted by Crippen LogP contribution is -2.16. The first kappa shape index (κ1) is 18.0. The maximum atomic E-state index is 12.6. The van der Waals surface area contributed by atoms with Gasteiger partial charge in [-0.3, -0.25) is 4.79 Å². The zero-order valence-electron chi connectivity index (χ0n) is 14.6. The van der Waals surface area contributed by atoms with Crippen molar-refractivity contribution in [1.29, 1.82) is 5.26 Å². The Morgan fingerprint density at radius 3 is 2.33 bits per heavy atom. The van der Waals surface area contributed by atoms with Crippen LogP contribution in [0.2, 0.25) is 0 Å². The minimum atomic E-state index is -0.336. The minimum absolute atomic E-state index is 0.300. The molecule has 3 aromatic rings. The summed E-state index contributed by atoms with van der Waals surface area (Å²) in [5.41, 5.74) is 1.26. The molecule has 5 nitrogen and oxygen atoms in total. The number of rotatable bonds is 7. The number of nitrogens with zero attached hydrogens (tertiary/aromatic N) is 1. The molecule has 0 unspecified atom stereocenters. The van der Waals surface area contributed by atoms with Crippen LogP contribution in [0.25, 0.3) is 0 Å². The van der Waals surface area contributed by atoms with Crippen LogP contribution in [0.15, 0.2) is 78.9 Å². The summed E-state index contributed by atoms with van der Waals surface area (Å²) in [4.78, 5) is 12.6. The van der Waals surface area contributed by atoms with Crippen molar-refractivity contribution >= 4 is 11.6 Å². The van der Waals surface area contributed by atoms with Gasteiger partial charge in [-0.2, -0.15) is 5.26 Å². The number of anilines is 1. The first-order valence-corrected chi connectivity index (χ1v) is 8.48. The summed E-state index contributed by atoms with van der Waals surface area (Å²) >= 11 is 0. The van der Waals surface area contributed by atoms with Crippen LogP contribution < -0.4 is 14.8 Å². The lowest BCUT2D eigenvalue weighted by molar-refractivity contribution is 0.102. The molecule has 0 aliphatic rings. The zero-order valence-corrected chi connectivity index (χ0v) is 14.6. The molecule has 1 N–H and O–H groups in total. The first-order valence-electron chi connectivity index (χ1n) is 8.48. The van der Waals surface area contributed by atoms with Gasteiger partial charge in [0.15, 0.2) is 0 Å². The summed E-state index contributed by atoms with van der Waals surface area (Å²) < 4.78 is 11.3. The molecule has 0 fully saturated rings. The maximum absolute atomic E-state index is 12.6. The van der Waals surface area contributed by atoms with Gasteiger partial charge in [-0.1, -0.05) is 42.5 Å². The molecule has 5 heteroatoms. The Morgan fingerprint density at radius 1 is 0.852 bits per heavy atom. The van der Waals surface area contributed by atoms with E-state index >= 15 is 0 Å². The van der Waals surface area contributed by atoms with Crippen LogP contribution in [0.4, 0.5) is 5.69 Å². The predicted molar refractivity (Wildman–Crippen MR) is 103 cm³/mol. The highest BCUT2D eigenvalue weighted by Crippen LogP contribution is 2.21. The third-order valence-corrected chi connectivity index (χ3v) is 3.78. The van der Waals surface area contributed by atoms with Crippen molar-refractivity contribution in [3.8, 4) is 17.6 Å². The number of benzene rings is 3. The highest BCUT2D eigenvalue weighted by molar-refractivity contribution is 6.06. The van der Waals surface area contributed by atoms with E-state index in [1.165, 1.54) is 0 Å². The number of carbonyl (C=O) groups is 1. The monoisotopic (exact) mass is 358 g/mol. The lowest BCUT2D eigenvalue weighted by atomic mass is 10.1. The van der Waals surface area contributed by atoms with Crippen LogP contribution in [0, 0.1) is 11.3 Å². The number of hydrogen-bond acceptors (Lipinski definition) is 4. The second kappa shape index (κ2) is 9.07. The summed E-state index contributed by atoms with van der Waals surface area (Å²) in [6.45, 7) is 0.658. The first-order chi connectivity index (χ1) is 13.3. The van der Waals surface area contributed by atoms with E-state index < -0.39 is 0 Å². The highest BCUT2D eigenvalue weighted by atomic mass is 16.5. The summed E-state index contributed by atoms with van der Waals surface area (Å²) in [7, 11) is 0. The van der Waals surface area contributed by atoms with E-state index in [1.807, 2.05) is 30.3 Å². The molecular weight excluding hydrogens is 340 g/mol. The number of hydrogen-bond donors (Lipinski definition) is 1. The maximum Gasteiger partial charge on any atom is 0.259 e. The standard InChI is InChI=1S/C22H18N2O3/c23-16-17-8-4-6-12-20(17)24-22(25)19-11-5-7-13-21(19)27-15-14-26-18-9-2-1-3-10-18/h1-13H,14-15H2,(H,24,25). The van der Waals surface area contributed by atoms with E-state index in [0.717, 1.165) is 5.75 Å². The molecule has 0 atom stereocenters. The number of nitriles is 1. The molecule has 134 valence electrons. The number of carbonyl (C=O) groups excluding carboxylic acids is 1. The molecule has 0 aliphatic carbocycles. The van der Waals surface area contributed by atoms with Gasteiger partial charge in [0.1, 0.15) is 30.8 Å². The van der Waals surface area contributed by atoms with E-state index in [1.54, 1.807) is 48.5 Å². The molecule has 0 heterocycles. The second-order valence-electron chi connectivity index (χ2n) is 5.62. The fraction of sp³-hybridized carbons (Fsp3) is 0.0909. The van der Waals surface area contributed by atoms with Crippen LogP contribution in [0.5, 0.6) is 11.5 Å². The van der Waals surface area contributed by atoms with Crippen LogP contribution in [-0.2, 0) is 0 Å². The third-order valence-electron chi connectivity index (χ3n) is 3.78. The Kier molecular flexibility index (Phi) is 6.05. The van der Waals surface area contributed by atoms with Gasteiger partial charge in [0, 0.05) is 0 Å². The van der Waals surface area contributed by atoms with Crippen molar-refractivity contribution in [2.24, 2.45) is 0 Å². The normalized spacial score (nSPS) is 9.89. The van der Waals surface area contributed by atoms with Gasteiger partial charge in [0.25, 0.3) is 5.91 Å². The van der Waals surface area contributed by atoms with Crippen molar-refractivity contribution in [1.82, 2.24) is 0 Å². The van der Waals surface area contributed by atoms with Crippen molar-refractivity contribution in [3.63, 3.8) is 0 Å². The highest BCUT2D eigenvalue weighted by Gasteiger charge is 2.14. The van der Waals surface area contributed by atoms with Gasteiger partial charge < -0.3 is 14.8 Å². The quantitative estimate of drug-likeness (QED) is 0.640. The van der Waals surface area contributed by atoms with E-state index in [9.17, 15) is 4.79 Å². The molecular formula is C22H18N2O3. The fourth-order valence-corrected chi connectivity index (χ4v) is 2.49. The van der Waals surface area contributed by atoms with Crippen molar-refractivity contribution in [2.45, 2.75) is 0 Å². The average molecular weight is 358 g/mol. The fourth-order valence-electron chi connectivity index (χ4n) is 2.49. The number of ether oxygens (including phenoxy) is 2. The van der Waals surface area contributed by atoms with Crippen LogP contribution in [0.3, 0.4) is 0 Å². The van der Waals surface area contributed by atoms with Gasteiger partial charge >= 0.3 is 0 Å². The Bertz CT molecular complexity index is 949. The molecule has 1 amide bonds. The molecule has 0 aromatic heterocycles. The number of amides is 1. The Balaban J connectivity index is 1.63. The van der Waals surface area contributed by atoms with E-state index in [0.29, 0.717) is 35.8 Å². The summed E-state index contributed by atoms with van der Waals surface area (Å²) in [5, 5.41) is 11.9. The predicted octanol–water partition coefficient (Wildman–Crippen LogP) is 4.27. The molecule has 0 aliphatic heterocycles. The van der Waals surface area contributed by atoms with Gasteiger partial charge in [-0.15, -0.1) is 0 Å². The summed E-state index contributed by atoms with van der Waals surface area (Å²) in [6, 6.07) is 25.3. The largest absolute Gasteiger partial charge is 0.490 e. The molecule has 0 saturated carbocycles. The van der Waals surface area contributed by atoms with Crippen molar-refractivity contribution < 1.29 is 14.3 Å². The van der Waals surface area contributed by atoms with Crippen molar-refractivity contribution in [2.75, 3.05) is 18.5 Å². The topological polar surface area (TPSA) is 71.4 Å². The van der Waals surface area contributed by atoms with Crippen LogP contribution in [0.1, 0.15) is 15.9 Å². The van der Waals surface area contributed by atoms with Gasteiger partial charge in [0.2, 0.25) is 0 Å². The van der Waals surface area contributed by atoms with Crippen molar-refractivity contribution in [3.05, 3.63) is 90.0 Å². The van der Waals surface area contributed by atoms with E-state index in [-0.39, 0.29) is 5.91 Å². The van der Waals surface area contributed by atoms with Gasteiger partial charge in [0.05, 0.1) is 16.8 Å². The zero-order chi connectivity index (χ0) is 18.9. The molecule has 0 bridgehead atoms. The van der Waals surface area contributed by atoms with E-state index in [4.69, 9.17) is 14.7 Å². The third kappa shape index (κ3) is 4.86. The Hall–Kier alpha value is -3.78. The van der Waals surface area contributed by atoms with Gasteiger partial charge in [-0.25, -0.2) is 0 Å².